The summed E-state index contributed by atoms with van der Waals surface area (Å²) >= 11 is 0. The molecule has 5 rings (SSSR count). The summed E-state index contributed by atoms with van der Waals surface area (Å²) in [6.45, 7) is 3.95. The summed E-state index contributed by atoms with van der Waals surface area (Å²) in [6.07, 6.45) is 3.47. The fourth-order valence-corrected chi connectivity index (χ4v) is 3.95. The summed E-state index contributed by atoms with van der Waals surface area (Å²) in [4.78, 5) is 23.8. The van der Waals surface area contributed by atoms with Crippen LogP contribution in [0.2, 0.25) is 0 Å². The second-order valence-electron chi connectivity index (χ2n) is 7.63. The summed E-state index contributed by atoms with van der Waals surface area (Å²) < 4.78 is 5.73. The van der Waals surface area contributed by atoms with Gasteiger partial charge in [0.2, 0.25) is 5.91 Å². The monoisotopic (exact) mass is 348 g/mol. The van der Waals surface area contributed by atoms with Crippen LogP contribution in [0.15, 0.2) is 47.0 Å². The summed E-state index contributed by atoms with van der Waals surface area (Å²) in [7, 11) is 0. The number of nitrogens with one attached hydrogen (secondary N) is 1. The highest BCUT2D eigenvalue weighted by Crippen LogP contribution is 2.44. The van der Waals surface area contributed by atoms with Crippen LogP contribution in [-0.4, -0.2) is 28.0 Å². The zero-order chi connectivity index (χ0) is 17.9. The third kappa shape index (κ3) is 2.14. The number of carbonyl (C=O) groups is 1. The van der Waals surface area contributed by atoms with E-state index in [1.807, 2.05) is 55.1 Å². The number of fused-ring (bicyclic) bond motifs is 2. The van der Waals surface area contributed by atoms with Crippen molar-refractivity contribution in [1.29, 1.82) is 0 Å². The molecule has 0 unspecified atom stereocenters. The molecular weight excluding hydrogens is 328 g/mol. The van der Waals surface area contributed by atoms with Crippen molar-refractivity contribution in [3.63, 3.8) is 0 Å². The molecule has 1 aromatic carbocycles. The lowest BCUT2D eigenvalue weighted by atomic mass is 9.84. The van der Waals surface area contributed by atoms with E-state index in [0.717, 1.165) is 35.3 Å². The molecule has 1 aliphatic heterocycles. The molecule has 26 heavy (non-hydrogen) atoms. The maximum Gasteiger partial charge on any atom is 0.295 e. The number of aromatic nitrogens is 2. The highest BCUT2D eigenvalue weighted by molar-refractivity contribution is 6.07. The predicted molar refractivity (Wildman–Crippen MR) is 99.2 cm³/mol. The van der Waals surface area contributed by atoms with Gasteiger partial charge in [0.15, 0.2) is 5.58 Å². The number of benzene rings is 1. The van der Waals surface area contributed by atoms with Crippen LogP contribution in [0.1, 0.15) is 32.3 Å². The SMILES string of the molecule is CC1(C)C(=O)N(C2CC(Nc3nc4ccccc4o3)C2)c2ncccc21. The van der Waals surface area contributed by atoms with Gasteiger partial charge in [0.25, 0.3) is 6.01 Å². The van der Waals surface area contributed by atoms with E-state index in [-0.39, 0.29) is 18.0 Å². The number of nitrogens with zero attached hydrogens (tertiary/aromatic N) is 3. The lowest BCUT2D eigenvalue weighted by molar-refractivity contribution is -0.122. The number of hydrogen-bond donors (Lipinski definition) is 1. The molecular formula is C20H20N4O2. The summed E-state index contributed by atoms with van der Waals surface area (Å²) in [5, 5.41) is 3.34. The standard InChI is InChI=1S/C20H20N4O2/c1-20(2)14-6-5-9-21-17(14)24(18(20)25)13-10-12(11-13)22-19-23-15-7-3-4-8-16(15)26-19/h3-9,12-13H,10-11H2,1-2H3,(H,22,23). The number of rotatable bonds is 3. The number of hydrogen-bond acceptors (Lipinski definition) is 5. The van der Waals surface area contributed by atoms with Crippen molar-refractivity contribution in [3.05, 3.63) is 48.2 Å². The Morgan fingerprint density at radius 3 is 2.81 bits per heavy atom. The van der Waals surface area contributed by atoms with Gasteiger partial charge in [-0.15, -0.1) is 0 Å². The predicted octanol–water partition coefficient (Wildman–Crippen LogP) is 3.49. The molecule has 2 aromatic heterocycles. The zero-order valence-electron chi connectivity index (χ0n) is 14.8. The third-order valence-electron chi connectivity index (χ3n) is 5.54. The van der Waals surface area contributed by atoms with Crippen molar-refractivity contribution in [1.82, 2.24) is 9.97 Å². The van der Waals surface area contributed by atoms with E-state index in [4.69, 9.17) is 4.42 Å². The van der Waals surface area contributed by atoms with E-state index in [9.17, 15) is 4.79 Å². The molecule has 1 saturated carbocycles. The quantitative estimate of drug-likeness (QED) is 0.784. The minimum absolute atomic E-state index is 0.136. The van der Waals surface area contributed by atoms with Crippen molar-refractivity contribution >= 4 is 28.8 Å². The average Bonchev–Trinajstić information content (AvgIpc) is 3.09. The second-order valence-corrected chi connectivity index (χ2v) is 7.63. The van der Waals surface area contributed by atoms with Crippen LogP contribution >= 0.6 is 0 Å². The van der Waals surface area contributed by atoms with E-state index in [1.54, 1.807) is 6.20 Å². The van der Waals surface area contributed by atoms with Gasteiger partial charge in [0.05, 0.1) is 5.41 Å². The highest BCUT2D eigenvalue weighted by atomic mass is 16.4. The Kier molecular flexibility index (Phi) is 3.13. The lowest BCUT2D eigenvalue weighted by Crippen LogP contribution is -2.53. The van der Waals surface area contributed by atoms with Crippen molar-refractivity contribution in [3.8, 4) is 0 Å². The molecule has 1 N–H and O–H groups in total. The van der Waals surface area contributed by atoms with Crippen LogP contribution in [0.4, 0.5) is 11.8 Å². The fourth-order valence-electron chi connectivity index (χ4n) is 3.95. The van der Waals surface area contributed by atoms with Crippen LogP contribution < -0.4 is 10.2 Å². The average molecular weight is 348 g/mol. The van der Waals surface area contributed by atoms with Gasteiger partial charge in [-0.3, -0.25) is 9.69 Å². The Balaban J connectivity index is 1.32. The molecule has 1 fully saturated rings. The van der Waals surface area contributed by atoms with Gasteiger partial charge < -0.3 is 9.73 Å². The molecule has 3 aromatic rings. The van der Waals surface area contributed by atoms with Crippen LogP contribution in [0.3, 0.4) is 0 Å². The lowest BCUT2D eigenvalue weighted by Gasteiger charge is -2.41. The van der Waals surface area contributed by atoms with Crippen LogP contribution in [0.25, 0.3) is 11.1 Å². The van der Waals surface area contributed by atoms with Crippen LogP contribution in [0.5, 0.6) is 0 Å². The van der Waals surface area contributed by atoms with E-state index >= 15 is 0 Å². The van der Waals surface area contributed by atoms with Gasteiger partial charge >= 0.3 is 0 Å². The Hall–Kier alpha value is -2.89. The van der Waals surface area contributed by atoms with E-state index in [1.165, 1.54) is 0 Å². The fraction of sp³-hybridized carbons (Fsp3) is 0.350. The summed E-state index contributed by atoms with van der Waals surface area (Å²) in [6, 6.07) is 12.6. The number of amides is 1. The molecule has 6 heteroatoms. The van der Waals surface area contributed by atoms with Gasteiger partial charge in [0, 0.05) is 23.8 Å². The second kappa shape index (κ2) is 5.30. The van der Waals surface area contributed by atoms with Gasteiger partial charge in [-0.1, -0.05) is 18.2 Å². The molecule has 0 spiro atoms. The van der Waals surface area contributed by atoms with Crippen LogP contribution in [0, 0.1) is 0 Å². The number of oxazole rings is 1. The Morgan fingerprint density at radius 2 is 2.00 bits per heavy atom. The molecule has 1 amide bonds. The Labute approximate surface area is 151 Å². The summed E-state index contributed by atoms with van der Waals surface area (Å²) in [5.74, 6) is 0.948. The largest absolute Gasteiger partial charge is 0.424 e. The first-order valence-electron chi connectivity index (χ1n) is 8.95. The Bertz CT molecular complexity index is 971. The van der Waals surface area contributed by atoms with Gasteiger partial charge in [-0.05, 0) is 44.9 Å². The molecule has 1 aliphatic carbocycles. The van der Waals surface area contributed by atoms with Gasteiger partial charge in [0.1, 0.15) is 11.3 Å². The van der Waals surface area contributed by atoms with Crippen molar-refractivity contribution in [2.24, 2.45) is 0 Å². The van der Waals surface area contributed by atoms with Crippen molar-refractivity contribution < 1.29 is 9.21 Å². The van der Waals surface area contributed by atoms with E-state index in [2.05, 4.69) is 15.3 Å². The van der Waals surface area contributed by atoms with Crippen LogP contribution in [-0.2, 0) is 10.2 Å². The molecule has 0 saturated heterocycles. The minimum atomic E-state index is -0.512. The first-order chi connectivity index (χ1) is 12.5. The molecule has 132 valence electrons. The molecule has 6 nitrogen and oxygen atoms in total. The first kappa shape index (κ1) is 15.4. The smallest absolute Gasteiger partial charge is 0.295 e. The summed E-state index contributed by atoms with van der Waals surface area (Å²) in [5.41, 5.74) is 2.13. The number of carbonyl (C=O) groups excluding carboxylic acids is 1. The number of para-hydroxylation sites is 2. The number of anilines is 2. The minimum Gasteiger partial charge on any atom is -0.424 e. The normalized spacial score (nSPS) is 23.8. The van der Waals surface area contributed by atoms with Crippen molar-refractivity contribution in [2.75, 3.05) is 10.2 Å². The van der Waals surface area contributed by atoms with E-state index < -0.39 is 5.41 Å². The molecule has 0 bridgehead atoms. The topological polar surface area (TPSA) is 71.3 Å². The first-order valence-corrected chi connectivity index (χ1v) is 8.95. The van der Waals surface area contributed by atoms with Gasteiger partial charge in [-0.25, -0.2) is 4.98 Å². The molecule has 0 atom stereocenters. The third-order valence-corrected chi connectivity index (χ3v) is 5.54. The number of pyridine rings is 1. The molecule has 3 heterocycles. The van der Waals surface area contributed by atoms with E-state index in [0.29, 0.717) is 6.01 Å². The maximum absolute atomic E-state index is 12.9. The van der Waals surface area contributed by atoms with Gasteiger partial charge in [-0.2, -0.15) is 4.98 Å². The van der Waals surface area contributed by atoms with Crippen molar-refractivity contribution in [2.45, 2.75) is 44.2 Å². The maximum atomic E-state index is 12.9. The highest BCUT2D eigenvalue weighted by Gasteiger charge is 2.50. The molecule has 2 aliphatic rings. The molecule has 0 radical (unpaired) electrons. The zero-order valence-corrected chi connectivity index (χ0v) is 14.8. The Morgan fingerprint density at radius 1 is 1.19 bits per heavy atom.